The molecular weight excluding hydrogens is 268 g/mol. The molecule has 21 heavy (non-hydrogen) atoms. The van der Waals surface area contributed by atoms with Gasteiger partial charge in [-0.15, -0.1) is 0 Å². The summed E-state index contributed by atoms with van der Waals surface area (Å²) in [7, 11) is 0. The zero-order valence-corrected chi connectivity index (χ0v) is 12.9. The Hall–Kier alpha value is -1.78. The van der Waals surface area contributed by atoms with Gasteiger partial charge in [-0.25, -0.2) is 0 Å². The number of amides is 1. The average Bonchev–Trinajstić information content (AvgIpc) is 2.72. The monoisotopic (exact) mass is 292 g/mol. The van der Waals surface area contributed by atoms with Gasteiger partial charge in [-0.05, 0) is 36.8 Å². The molecule has 0 aromatic carbocycles. The molecule has 1 aromatic heterocycles. The summed E-state index contributed by atoms with van der Waals surface area (Å²) in [6.45, 7) is 5.81. The number of nitrogens with one attached hydrogen (secondary N) is 1. The van der Waals surface area contributed by atoms with Crippen LogP contribution in [0.2, 0.25) is 0 Å². The van der Waals surface area contributed by atoms with Crippen LogP contribution in [0.25, 0.3) is 0 Å². The van der Waals surface area contributed by atoms with Gasteiger partial charge in [0.15, 0.2) is 0 Å². The second-order valence-corrected chi connectivity index (χ2v) is 6.88. The van der Waals surface area contributed by atoms with Gasteiger partial charge in [-0.2, -0.15) is 0 Å². The lowest BCUT2D eigenvalue weighted by atomic mass is 9.84. The van der Waals surface area contributed by atoms with Crippen molar-refractivity contribution < 1.29 is 14.7 Å². The van der Waals surface area contributed by atoms with E-state index in [-0.39, 0.29) is 17.7 Å². The molecule has 1 aliphatic rings. The molecule has 0 radical (unpaired) electrons. The molecule has 1 aliphatic carbocycles. The third-order valence-corrected chi connectivity index (χ3v) is 4.21. The number of carbonyl (C=O) groups is 2. The van der Waals surface area contributed by atoms with E-state index in [1.54, 1.807) is 6.07 Å². The Bertz CT molecular complexity index is 524. The number of nitrogens with zero attached hydrogens (tertiary/aromatic N) is 1. The maximum atomic E-state index is 12.5. The summed E-state index contributed by atoms with van der Waals surface area (Å²) < 4.78 is 2.01. The molecule has 0 bridgehead atoms. The Morgan fingerprint density at radius 2 is 2.10 bits per heavy atom. The minimum Gasteiger partial charge on any atom is -0.481 e. The first kappa shape index (κ1) is 15.6. The molecule has 1 amide bonds. The van der Waals surface area contributed by atoms with Crippen molar-refractivity contribution in [1.82, 2.24) is 9.88 Å². The largest absolute Gasteiger partial charge is 0.481 e. The van der Waals surface area contributed by atoms with Crippen LogP contribution in [-0.2, 0) is 4.79 Å². The topological polar surface area (TPSA) is 71.3 Å². The van der Waals surface area contributed by atoms with E-state index in [4.69, 9.17) is 5.11 Å². The zero-order valence-electron chi connectivity index (χ0n) is 12.9. The van der Waals surface area contributed by atoms with E-state index in [1.807, 2.05) is 37.6 Å². The van der Waals surface area contributed by atoms with E-state index >= 15 is 0 Å². The highest BCUT2D eigenvalue weighted by Crippen LogP contribution is 2.33. The predicted octanol–water partition coefficient (Wildman–Crippen LogP) is 2.83. The number of aromatic nitrogens is 1. The van der Waals surface area contributed by atoms with Crippen molar-refractivity contribution in [1.29, 1.82) is 0 Å². The molecule has 1 aromatic rings. The molecular formula is C16H24N2O3. The molecule has 0 spiro atoms. The molecule has 5 heteroatoms. The number of aliphatic carboxylic acids is 1. The standard InChI is InChI=1S/C16H24N2O3/c1-16(2,3)13(10-14(19)20)17-15(21)12-8-5-9-18(12)11-6-4-7-11/h5,8-9,11,13H,4,6-7,10H2,1-3H3,(H,17,21)(H,19,20). The van der Waals surface area contributed by atoms with Crippen molar-refractivity contribution in [2.45, 2.75) is 58.5 Å². The van der Waals surface area contributed by atoms with Crippen molar-refractivity contribution in [3.63, 3.8) is 0 Å². The number of carboxylic acids is 1. The molecule has 0 saturated heterocycles. The molecule has 1 fully saturated rings. The summed E-state index contributed by atoms with van der Waals surface area (Å²) in [5, 5.41) is 11.9. The number of hydrogen-bond acceptors (Lipinski definition) is 2. The second kappa shape index (κ2) is 5.92. The Morgan fingerprint density at radius 3 is 2.57 bits per heavy atom. The second-order valence-electron chi connectivity index (χ2n) is 6.88. The molecule has 2 N–H and O–H groups in total. The Kier molecular flexibility index (Phi) is 4.40. The van der Waals surface area contributed by atoms with E-state index in [1.165, 1.54) is 6.42 Å². The van der Waals surface area contributed by atoms with E-state index < -0.39 is 12.0 Å². The van der Waals surface area contributed by atoms with Gasteiger partial charge in [-0.1, -0.05) is 20.8 Å². The van der Waals surface area contributed by atoms with Crippen LogP contribution in [0.1, 0.15) is 63.0 Å². The lowest BCUT2D eigenvalue weighted by Crippen LogP contribution is -2.45. The van der Waals surface area contributed by atoms with Gasteiger partial charge in [0.25, 0.3) is 5.91 Å². The Labute approximate surface area is 125 Å². The molecule has 2 rings (SSSR count). The van der Waals surface area contributed by atoms with Crippen LogP contribution < -0.4 is 5.32 Å². The number of hydrogen-bond donors (Lipinski definition) is 2. The lowest BCUT2D eigenvalue weighted by molar-refractivity contribution is -0.138. The minimum absolute atomic E-state index is 0.0701. The quantitative estimate of drug-likeness (QED) is 0.876. The fourth-order valence-electron chi connectivity index (χ4n) is 2.55. The number of rotatable bonds is 5. The molecule has 1 saturated carbocycles. The minimum atomic E-state index is -0.899. The van der Waals surface area contributed by atoms with Crippen LogP contribution >= 0.6 is 0 Å². The molecule has 1 unspecified atom stereocenters. The number of carbonyl (C=O) groups excluding carboxylic acids is 1. The van der Waals surface area contributed by atoms with Crippen molar-refractivity contribution >= 4 is 11.9 Å². The van der Waals surface area contributed by atoms with Gasteiger partial charge in [0.2, 0.25) is 0 Å². The van der Waals surface area contributed by atoms with Crippen molar-refractivity contribution in [2.75, 3.05) is 0 Å². The first-order chi connectivity index (χ1) is 9.79. The first-order valence-corrected chi connectivity index (χ1v) is 7.48. The van der Waals surface area contributed by atoms with Crippen LogP contribution in [0.5, 0.6) is 0 Å². The van der Waals surface area contributed by atoms with Gasteiger partial charge in [0, 0.05) is 18.3 Å². The van der Waals surface area contributed by atoms with Crippen molar-refractivity contribution in [3.05, 3.63) is 24.0 Å². The number of carboxylic acid groups (broad SMARTS) is 1. The maximum absolute atomic E-state index is 12.5. The summed E-state index contributed by atoms with van der Waals surface area (Å²) >= 11 is 0. The smallest absolute Gasteiger partial charge is 0.305 e. The Morgan fingerprint density at radius 1 is 1.43 bits per heavy atom. The van der Waals surface area contributed by atoms with Crippen molar-refractivity contribution in [3.8, 4) is 0 Å². The highest BCUT2D eigenvalue weighted by atomic mass is 16.4. The third kappa shape index (κ3) is 3.65. The van der Waals surface area contributed by atoms with Crippen LogP contribution in [0, 0.1) is 5.41 Å². The zero-order chi connectivity index (χ0) is 15.6. The molecule has 116 valence electrons. The fourth-order valence-corrected chi connectivity index (χ4v) is 2.55. The third-order valence-electron chi connectivity index (χ3n) is 4.21. The van der Waals surface area contributed by atoms with Gasteiger partial charge in [0.05, 0.1) is 6.42 Å². The molecule has 0 aliphatic heterocycles. The van der Waals surface area contributed by atoms with E-state index in [0.29, 0.717) is 11.7 Å². The lowest BCUT2D eigenvalue weighted by Gasteiger charge is -2.32. The van der Waals surface area contributed by atoms with Crippen LogP contribution in [0.4, 0.5) is 0 Å². The molecule has 5 nitrogen and oxygen atoms in total. The molecule has 1 heterocycles. The normalized spacial score (nSPS) is 17.1. The van der Waals surface area contributed by atoms with Gasteiger partial charge < -0.3 is 15.0 Å². The van der Waals surface area contributed by atoms with Crippen LogP contribution in [0.15, 0.2) is 18.3 Å². The summed E-state index contributed by atoms with van der Waals surface area (Å²) in [6.07, 6.45) is 5.27. The summed E-state index contributed by atoms with van der Waals surface area (Å²) in [5.41, 5.74) is 0.321. The highest BCUT2D eigenvalue weighted by molar-refractivity contribution is 5.93. The van der Waals surface area contributed by atoms with E-state index in [0.717, 1.165) is 12.8 Å². The van der Waals surface area contributed by atoms with Crippen molar-refractivity contribution in [2.24, 2.45) is 5.41 Å². The maximum Gasteiger partial charge on any atom is 0.305 e. The predicted molar refractivity (Wildman–Crippen MR) is 80.3 cm³/mol. The van der Waals surface area contributed by atoms with Gasteiger partial charge in [-0.3, -0.25) is 9.59 Å². The molecule has 1 atom stereocenters. The highest BCUT2D eigenvalue weighted by Gasteiger charge is 2.30. The van der Waals surface area contributed by atoms with Crippen LogP contribution in [0.3, 0.4) is 0 Å². The SMILES string of the molecule is CC(C)(C)C(CC(=O)O)NC(=O)c1cccn1C1CCC1. The summed E-state index contributed by atoms with van der Waals surface area (Å²) in [5.74, 6) is -1.09. The summed E-state index contributed by atoms with van der Waals surface area (Å²) in [4.78, 5) is 23.5. The van der Waals surface area contributed by atoms with Crippen LogP contribution in [-0.4, -0.2) is 27.6 Å². The van der Waals surface area contributed by atoms with E-state index in [9.17, 15) is 9.59 Å². The van der Waals surface area contributed by atoms with Gasteiger partial charge >= 0.3 is 5.97 Å². The Balaban J connectivity index is 2.11. The first-order valence-electron chi connectivity index (χ1n) is 7.48. The summed E-state index contributed by atoms with van der Waals surface area (Å²) in [6, 6.07) is 3.69. The average molecular weight is 292 g/mol. The fraction of sp³-hybridized carbons (Fsp3) is 0.625. The van der Waals surface area contributed by atoms with Gasteiger partial charge in [0.1, 0.15) is 5.69 Å². The van der Waals surface area contributed by atoms with E-state index in [2.05, 4.69) is 5.32 Å².